The van der Waals surface area contributed by atoms with Crippen LogP contribution in [0.3, 0.4) is 0 Å². The summed E-state index contributed by atoms with van der Waals surface area (Å²) in [5.74, 6) is -0.0683. The molecular formula is C18H24N4O2S. The van der Waals surface area contributed by atoms with Crippen molar-refractivity contribution in [3.63, 3.8) is 0 Å². The van der Waals surface area contributed by atoms with Crippen LogP contribution in [-0.4, -0.2) is 50.7 Å². The number of thiazole rings is 1. The average Bonchev–Trinajstić information content (AvgIpc) is 3.07. The number of carbonyl (C=O) groups is 1. The number of hydrogen-bond donors (Lipinski definition) is 1. The maximum atomic E-state index is 12.3. The Balaban J connectivity index is 1.70. The van der Waals surface area contributed by atoms with Gasteiger partial charge in [0.1, 0.15) is 4.88 Å². The summed E-state index contributed by atoms with van der Waals surface area (Å²) >= 11 is 1.46. The van der Waals surface area contributed by atoms with Gasteiger partial charge in [0.2, 0.25) is 0 Å². The Hall–Kier alpha value is -2.12. The molecule has 0 radical (unpaired) electrons. The van der Waals surface area contributed by atoms with E-state index < -0.39 is 0 Å². The number of rotatable bonds is 6. The van der Waals surface area contributed by atoms with Gasteiger partial charge in [0.05, 0.1) is 12.3 Å². The monoisotopic (exact) mass is 360 g/mol. The quantitative estimate of drug-likeness (QED) is 0.857. The Morgan fingerprint density at radius 1 is 1.20 bits per heavy atom. The highest BCUT2D eigenvalue weighted by Gasteiger charge is 2.24. The molecule has 7 heteroatoms. The number of benzene rings is 1. The molecule has 1 aliphatic heterocycles. The fraction of sp³-hybridized carbons (Fsp3) is 0.444. The van der Waals surface area contributed by atoms with Crippen LogP contribution in [0.2, 0.25) is 0 Å². The number of amides is 1. The highest BCUT2D eigenvalue weighted by molar-refractivity contribution is 7.17. The molecule has 2 heterocycles. The number of ether oxygens (including phenoxy) is 1. The lowest BCUT2D eigenvalue weighted by molar-refractivity contribution is 0.0954. The van der Waals surface area contributed by atoms with Crippen LogP contribution in [0.1, 0.15) is 22.3 Å². The summed E-state index contributed by atoms with van der Waals surface area (Å²) in [6, 6.07) is 10.5. The van der Waals surface area contributed by atoms with Crippen LogP contribution in [-0.2, 0) is 11.3 Å². The third kappa shape index (κ3) is 4.11. The van der Waals surface area contributed by atoms with E-state index in [0.717, 1.165) is 37.0 Å². The normalized spacial score (nSPS) is 14.6. The molecule has 1 aromatic heterocycles. The zero-order valence-corrected chi connectivity index (χ0v) is 15.5. The van der Waals surface area contributed by atoms with Crippen molar-refractivity contribution in [2.24, 2.45) is 0 Å². The summed E-state index contributed by atoms with van der Waals surface area (Å²) in [6.45, 7) is 6.55. The minimum absolute atomic E-state index is 0.0683. The van der Waals surface area contributed by atoms with Crippen molar-refractivity contribution < 1.29 is 9.53 Å². The largest absolute Gasteiger partial charge is 0.378 e. The van der Waals surface area contributed by atoms with E-state index in [2.05, 4.69) is 44.4 Å². The lowest BCUT2D eigenvalue weighted by atomic mass is 10.2. The van der Waals surface area contributed by atoms with E-state index in [1.807, 2.05) is 13.0 Å². The lowest BCUT2D eigenvalue weighted by Crippen LogP contribution is -2.46. The molecule has 0 saturated carbocycles. The second kappa shape index (κ2) is 8.31. The van der Waals surface area contributed by atoms with Gasteiger partial charge in [0, 0.05) is 45.5 Å². The van der Waals surface area contributed by atoms with Crippen LogP contribution in [0.15, 0.2) is 30.3 Å². The highest BCUT2D eigenvalue weighted by Crippen LogP contribution is 2.28. The van der Waals surface area contributed by atoms with Gasteiger partial charge >= 0.3 is 0 Å². The van der Waals surface area contributed by atoms with Gasteiger partial charge in [0.25, 0.3) is 5.91 Å². The third-order valence-corrected chi connectivity index (χ3v) is 5.34. The second-order valence-electron chi connectivity index (χ2n) is 5.87. The number of anilines is 2. The first-order chi connectivity index (χ1) is 12.2. The van der Waals surface area contributed by atoms with Crippen LogP contribution in [0, 0.1) is 0 Å². The van der Waals surface area contributed by atoms with Crippen LogP contribution in [0.25, 0.3) is 0 Å². The minimum Gasteiger partial charge on any atom is -0.378 e. The molecule has 0 unspecified atom stereocenters. The molecule has 0 aliphatic carbocycles. The zero-order chi connectivity index (χ0) is 17.6. The Bertz CT molecular complexity index is 696. The fourth-order valence-electron chi connectivity index (χ4n) is 2.92. The van der Waals surface area contributed by atoms with Gasteiger partial charge in [-0.25, -0.2) is 4.98 Å². The van der Waals surface area contributed by atoms with Gasteiger partial charge in [-0.3, -0.25) is 4.79 Å². The Kier molecular flexibility index (Phi) is 5.88. The topological polar surface area (TPSA) is 57.7 Å². The third-order valence-electron chi connectivity index (χ3n) is 4.18. The summed E-state index contributed by atoms with van der Waals surface area (Å²) in [5, 5.41) is 3.76. The molecule has 0 spiro atoms. The smallest absolute Gasteiger partial charge is 0.263 e. The molecule has 2 aromatic rings. The predicted molar refractivity (Wildman–Crippen MR) is 102 cm³/mol. The molecule has 6 nitrogen and oxygen atoms in total. The molecule has 1 N–H and O–H groups in total. The van der Waals surface area contributed by atoms with Crippen LogP contribution in [0.4, 0.5) is 10.8 Å². The first kappa shape index (κ1) is 17.7. The molecule has 1 amide bonds. The number of nitrogens with zero attached hydrogens (tertiary/aromatic N) is 3. The van der Waals surface area contributed by atoms with Crippen molar-refractivity contribution >= 4 is 28.1 Å². The number of piperazine rings is 1. The van der Waals surface area contributed by atoms with Crippen molar-refractivity contribution in [2.75, 3.05) is 49.6 Å². The number of para-hydroxylation sites is 1. The van der Waals surface area contributed by atoms with Crippen LogP contribution < -0.4 is 15.1 Å². The van der Waals surface area contributed by atoms with E-state index in [9.17, 15) is 4.79 Å². The van der Waals surface area contributed by atoms with Gasteiger partial charge in [-0.15, -0.1) is 0 Å². The molecule has 1 aromatic carbocycles. The van der Waals surface area contributed by atoms with Gasteiger partial charge in [0.15, 0.2) is 5.13 Å². The summed E-state index contributed by atoms with van der Waals surface area (Å²) in [4.78, 5) is 22.2. The molecule has 3 rings (SSSR count). The highest BCUT2D eigenvalue weighted by atomic mass is 32.1. The van der Waals surface area contributed by atoms with Gasteiger partial charge in [-0.1, -0.05) is 29.5 Å². The van der Waals surface area contributed by atoms with E-state index >= 15 is 0 Å². The molecule has 134 valence electrons. The van der Waals surface area contributed by atoms with Crippen molar-refractivity contribution in [3.05, 3.63) is 40.9 Å². The number of hydrogen-bond acceptors (Lipinski definition) is 6. The minimum atomic E-state index is -0.0683. The van der Waals surface area contributed by atoms with Gasteiger partial charge < -0.3 is 19.9 Å². The maximum absolute atomic E-state index is 12.3. The first-order valence-electron chi connectivity index (χ1n) is 8.54. The SMILES string of the molecule is CCNC(=O)c1sc(N2CCN(c3ccccc3)CC2)nc1COC. The summed E-state index contributed by atoms with van der Waals surface area (Å²) in [5.41, 5.74) is 1.98. The number of nitrogens with one attached hydrogen (secondary N) is 1. The molecular weight excluding hydrogens is 336 g/mol. The molecule has 1 fully saturated rings. The van der Waals surface area contributed by atoms with Crippen LogP contribution >= 0.6 is 11.3 Å². The van der Waals surface area contributed by atoms with E-state index in [1.54, 1.807) is 7.11 Å². The Labute approximate surface area is 152 Å². The van der Waals surface area contributed by atoms with E-state index in [-0.39, 0.29) is 5.91 Å². The molecule has 1 saturated heterocycles. The first-order valence-corrected chi connectivity index (χ1v) is 9.36. The van der Waals surface area contributed by atoms with E-state index in [0.29, 0.717) is 18.0 Å². The van der Waals surface area contributed by atoms with Crippen molar-refractivity contribution in [3.8, 4) is 0 Å². The van der Waals surface area contributed by atoms with Crippen molar-refractivity contribution in [1.82, 2.24) is 10.3 Å². The second-order valence-corrected chi connectivity index (χ2v) is 6.85. The van der Waals surface area contributed by atoms with Gasteiger partial charge in [-0.05, 0) is 19.1 Å². The summed E-state index contributed by atoms with van der Waals surface area (Å²) < 4.78 is 5.21. The Morgan fingerprint density at radius 2 is 1.88 bits per heavy atom. The summed E-state index contributed by atoms with van der Waals surface area (Å²) in [6.07, 6.45) is 0. The Morgan fingerprint density at radius 3 is 2.52 bits per heavy atom. The number of aromatic nitrogens is 1. The maximum Gasteiger partial charge on any atom is 0.263 e. The predicted octanol–water partition coefficient (Wildman–Crippen LogP) is 2.37. The van der Waals surface area contributed by atoms with Gasteiger partial charge in [-0.2, -0.15) is 0 Å². The number of carbonyl (C=O) groups excluding carboxylic acids is 1. The lowest BCUT2D eigenvalue weighted by Gasteiger charge is -2.36. The average molecular weight is 360 g/mol. The molecule has 25 heavy (non-hydrogen) atoms. The molecule has 0 bridgehead atoms. The standard InChI is InChI=1S/C18H24N4O2S/c1-3-19-17(23)16-15(13-24-2)20-18(25-16)22-11-9-21(10-12-22)14-7-5-4-6-8-14/h4-8H,3,9-13H2,1-2H3,(H,19,23). The van der Waals surface area contributed by atoms with Crippen molar-refractivity contribution in [2.45, 2.75) is 13.5 Å². The van der Waals surface area contributed by atoms with E-state index in [1.165, 1.54) is 17.0 Å². The van der Waals surface area contributed by atoms with Crippen molar-refractivity contribution in [1.29, 1.82) is 0 Å². The molecule has 1 aliphatic rings. The zero-order valence-electron chi connectivity index (χ0n) is 14.7. The number of methoxy groups -OCH3 is 1. The summed E-state index contributed by atoms with van der Waals surface area (Å²) in [7, 11) is 1.62. The van der Waals surface area contributed by atoms with Crippen LogP contribution in [0.5, 0.6) is 0 Å². The van der Waals surface area contributed by atoms with E-state index in [4.69, 9.17) is 4.74 Å². The molecule has 0 atom stereocenters. The fourth-order valence-corrected chi connectivity index (χ4v) is 3.96.